The van der Waals surface area contributed by atoms with Crippen molar-refractivity contribution in [2.24, 2.45) is 5.92 Å². The van der Waals surface area contributed by atoms with Crippen molar-refractivity contribution < 1.29 is 9.53 Å². The number of nitrogens with zero attached hydrogens (tertiary/aromatic N) is 2. The van der Waals surface area contributed by atoms with Crippen LogP contribution in [0, 0.1) is 5.92 Å². The van der Waals surface area contributed by atoms with Crippen molar-refractivity contribution in [2.75, 3.05) is 25.6 Å². The fourth-order valence-corrected chi connectivity index (χ4v) is 4.77. The monoisotopic (exact) mass is 403 g/mol. The Bertz CT molecular complexity index is 970. The van der Waals surface area contributed by atoms with Crippen molar-refractivity contribution in [3.8, 4) is 0 Å². The first-order valence-electron chi connectivity index (χ1n) is 10.8. The summed E-state index contributed by atoms with van der Waals surface area (Å²) in [7, 11) is 0. The molecular formula is C25H29N3O2. The van der Waals surface area contributed by atoms with Crippen molar-refractivity contribution in [1.29, 1.82) is 0 Å². The van der Waals surface area contributed by atoms with Gasteiger partial charge in [-0.2, -0.15) is 0 Å². The largest absolute Gasteiger partial charge is 0.399 e. The van der Waals surface area contributed by atoms with E-state index in [1.807, 2.05) is 36.4 Å². The third-order valence-electron chi connectivity index (χ3n) is 6.70. The van der Waals surface area contributed by atoms with E-state index in [1.165, 1.54) is 18.4 Å². The van der Waals surface area contributed by atoms with E-state index >= 15 is 0 Å². The Balaban J connectivity index is 1.29. The van der Waals surface area contributed by atoms with Gasteiger partial charge in [0.15, 0.2) is 0 Å². The van der Waals surface area contributed by atoms with E-state index in [9.17, 15) is 4.79 Å². The van der Waals surface area contributed by atoms with Gasteiger partial charge in [0.2, 0.25) is 5.91 Å². The molecule has 5 nitrogen and oxygen atoms in total. The maximum Gasteiger partial charge on any atom is 0.237 e. The lowest BCUT2D eigenvalue weighted by atomic mass is 9.95. The number of nitrogen functional groups attached to an aromatic ring is 1. The molecule has 2 fully saturated rings. The van der Waals surface area contributed by atoms with Crippen molar-refractivity contribution in [2.45, 2.75) is 38.0 Å². The van der Waals surface area contributed by atoms with Crippen LogP contribution in [0.3, 0.4) is 0 Å². The van der Waals surface area contributed by atoms with E-state index in [0.29, 0.717) is 32.3 Å². The summed E-state index contributed by atoms with van der Waals surface area (Å²) in [5.74, 6) is 0.812. The molecule has 2 aromatic rings. The zero-order valence-electron chi connectivity index (χ0n) is 17.5. The molecule has 0 unspecified atom stereocenters. The predicted molar refractivity (Wildman–Crippen MR) is 118 cm³/mol. The summed E-state index contributed by atoms with van der Waals surface area (Å²) in [5.41, 5.74) is 9.65. The van der Waals surface area contributed by atoms with Crippen molar-refractivity contribution in [1.82, 2.24) is 9.80 Å². The lowest BCUT2D eigenvalue weighted by Crippen LogP contribution is -2.45. The molecule has 30 heavy (non-hydrogen) atoms. The van der Waals surface area contributed by atoms with Crippen LogP contribution in [0.1, 0.15) is 36.5 Å². The molecule has 5 rings (SSSR count). The molecule has 1 amide bonds. The quantitative estimate of drug-likeness (QED) is 0.749. The van der Waals surface area contributed by atoms with E-state index in [1.54, 1.807) is 0 Å². The number of carbonyl (C=O) groups excluding carboxylic acids is 1. The van der Waals surface area contributed by atoms with Crippen LogP contribution in [-0.4, -0.2) is 41.6 Å². The number of fused-ring (bicyclic) bond motifs is 2. The average molecular weight is 404 g/mol. The van der Waals surface area contributed by atoms with E-state index in [-0.39, 0.29) is 11.9 Å². The molecule has 2 N–H and O–H groups in total. The third-order valence-corrected chi connectivity index (χ3v) is 6.70. The van der Waals surface area contributed by atoms with E-state index in [2.05, 4.69) is 41.0 Å². The topological polar surface area (TPSA) is 58.8 Å². The first-order chi connectivity index (χ1) is 14.5. The summed E-state index contributed by atoms with van der Waals surface area (Å²) in [6, 6.07) is 16.5. The Morgan fingerprint density at radius 1 is 1.27 bits per heavy atom. The molecule has 1 aliphatic heterocycles. The second-order valence-electron chi connectivity index (χ2n) is 8.92. The van der Waals surface area contributed by atoms with Crippen molar-refractivity contribution in [3.63, 3.8) is 0 Å². The van der Waals surface area contributed by atoms with Crippen LogP contribution in [0.2, 0.25) is 0 Å². The van der Waals surface area contributed by atoms with Gasteiger partial charge in [-0.25, -0.2) is 0 Å². The second-order valence-corrected chi connectivity index (χ2v) is 8.92. The molecule has 2 aromatic carbocycles. The fourth-order valence-electron chi connectivity index (χ4n) is 4.77. The summed E-state index contributed by atoms with van der Waals surface area (Å²) in [6.45, 7) is 4.38. The number of carbonyl (C=O) groups is 1. The molecule has 1 heterocycles. The Hall–Kier alpha value is -2.63. The van der Waals surface area contributed by atoms with Gasteiger partial charge in [0.05, 0.1) is 6.54 Å². The first kappa shape index (κ1) is 19.3. The van der Waals surface area contributed by atoms with Gasteiger partial charge in [0.25, 0.3) is 0 Å². The Morgan fingerprint density at radius 3 is 2.83 bits per heavy atom. The number of anilines is 1. The average Bonchev–Trinajstić information content (AvgIpc) is 3.45. The molecule has 2 aliphatic carbocycles. The smallest absolute Gasteiger partial charge is 0.237 e. The second kappa shape index (κ2) is 7.56. The fraction of sp³-hybridized carbons (Fsp3) is 0.400. The van der Waals surface area contributed by atoms with E-state index in [0.717, 1.165) is 16.8 Å². The Labute approximate surface area is 178 Å². The molecule has 0 aromatic heterocycles. The highest BCUT2D eigenvalue weighted by atomic mass is 16.5. The van der Waals surface area contributed by atoms with Crippen LogP contribution in [-0.2, 0) is 21.7 Å². The van der Waals surface area contributed by atoms with Crippen LogP contribution in [0.5, 0.6) is 0 Å². The van der Waals surface area contributed by atoms with Crippen LogP contribution in [0.25, 0.3) is 6.08 Å². The molecule has 0 bridgehead atoms. The molecule has 3 aliphatic rings. The number of nitrogens with two attached hydrogens (primary N) is 1. The minimum atomic E-state index is -0.463. The van der Waals surface area contributed by atoms with Gasteiger partial charge in [-0.1, -0.05) is 42.5 Å². The van der Waals surface area contributed by atoms with Gasteiger partial charge in [-0.15, -0.1) is 0 Å². The molecule has 5 heteroatoms. The third kappa shape index (κ3) is 3.64. The van der Waals surface area contributed by atoms with Crippen LogP contribution < -0.4 is 5.73 Å². The number of ether oxygens (including phenoxy) is 1. The van der Waals surface area contributed by atoms with Crippen LogP contribution >= 0.6 is 0 Å². The first-order valence-corrected chi connectivity index (χ1v) is 10.8. The maximum absolute atomic E-state index is 13.4. The van der Waals surface area contributed by atoms with E-state index < -0.39 is 5.60 Å². The normalized spacial score (nSPS) is 23.6. The highest BCUT2D eigenvalue weighted by Crippen LogP contribution is 2.42. The number of hydrogen-bond donors (Lipinski definition) is 1. The number of amides is 1. The molecular weight excluding hydrogens is 374 g/mol. The SMILES string of the molecule is C[C@@H](C1CC1)N(Cc1ccccc1)C(=O)CN1CO[C@@]2(C=Cc3cc(N)ccc32)C1. The maximum atomic E-state index is 13.4. The van der Waals surface area contributed by atoms with Crippen LogP contribution in [0.4, 0.5) is 5.69 Å². The van der Waals surface area contributed by atoms with Gasteiger partial charge in [0.1, 0.15) is 12.3 Å². The lowest BCUT2D eigenvalue weighted by Gasteiger charge is -2.31. The zero-order chi connectivity index (χ0) is 20.7. The molecule has 1 saturated carbocycles. The standard InChI is InChI=1S/C25H29N3O2/c1-18(20-7-8-20)28(14-19-5-3-2-4-6-19)24(29)15-27-16-25(30-17-27)12-11-21-13-22(26)9-10-23(21)25/h2-6,9-13,18,20H,7-8,14-17,26H2,1H3/t18-,25-/m0/s1. The minimum absolute atomic E-state index is 0.179. The molecule has 1 spiro atoms. The van der Waals surface area contributed by atoms with Gasteiger partial charge in [-0.3, -0.25) is 9.69 Å². The lowest BCUT2D eigenvalue weighted by molar-refractivity contribution is -0.135. The number of rotatable bonds is 6. The van der Waals surface area contributed by atoms with E-state index in [4.69, 9.17) is 10.5 Å². The summed E-state index contributed by atoms with van der Waals surface area (Å²) in [6.07, 6.45) is 6.63. The highest BCUT2D eigenvalue weighted by molar-refractivity contribution is 5.79. The van der Waals surface area contributed by atoms with Crippen molar-refractivity contribution >= 4 is 17.7 Å². The summed E-state index contributed by atoms with van der Waals surface area (Å²) < 4.78 is 6.23. The van der Waals surface area contributed by atoms with Crippen LogP contribution in [0.15, 0.2) is 54.6 Å². The molecule has 1 saturated heterocycles. The summed E-state index contributed by atoms with van der Waals surface area (Å²) in [4.78, 5) is 17.6. The molecule has 2 atom stereocenters. The summed E-state index contributed by atoms with van der Waals surface area (Å²) >= 11 is 0. The van der Waals surface area contributed by atoms with Gasteiger partial charge >= 0.3 is 0 Å². The van der Waals surface area contributed by atoms with Gasteiger partial charge < -0.3 is 15.4 Å². The predicted octanol–water partition coefficient (Wildman–Crippen LogP) is 3.61. The molecule has 156 valence electrons. The Morgan fingerprint density at radius 2 is 2.07 bits per heavy atom. The number of benzene rings is 2. The zero-order valence-corrected chi connectivity index (χ0v) is 17.5. The minimum Gasteiger partial charge on any atom is -0.399 e. The van der Waals surface area contributed by atoms with Gasteiger partial charge in [0, 0.05) is 24.8 Å². The molecule has 0 radical (unpaired) electrons. The summed E-state index contributed by atoms with van der Waals surface area (Å²) in [5, 5.41) is 0. The number of hydrogen-bond acceptors (Lipinski definition) is 4. The Kier molecular flexibility index (Phi) is 4.88. The van der Waals surface area contributed by atoms with Gasteiger partial charge in [-0.05, 0) is 60.6 Å². The van der Waals surface area contributed by atoms with Crippen molar-refractivity contribution in [3.05, 3.63) is 71.3 Å². The highest BCUT2D eigenvalue weighted by Gasteiger charge is 2.43.